The van der Waals surface area contributed by atoms with Gasteiger partial charge in [0.25, 0.3) is 0 Å². The van der Waals surface area contributed by atoms with Crippen molar-refractivity contribution in [3.05, 3.63) is 0 Å². The second kappa shape index (κ2) is 3.81. The maximum Gasteiger partial charge on any atom is 0.166 e. The van der Waals surface area contributed by atoms with E-state index in [9.17, 15) is 0 Å². The van der Waals surface area contributed by atoms with Crippen LogP contribution in [0.4, 0.5) is 0 Å². The minimum atomic E-state index is -0.274. The Morgan fingerprint density at radius 3 is 2.40 bits per heavy atom. The molecule has 2 heterocycles. The number of ether oxygens (including phenoxy) is 2. The zero-order valence-corrected chi connectivity index (χ0v) is 13.6. The summed E-state index contributed by atoms with van der Waals surface area (Å²) in [6.07, 6.45) is 9.14. The number of hydrogen-bond donors (Lipinski definition) is 0. The van der Waals surface area contributed by atoms with E-state index in [4.69, 9.17) is 9.47 Å². The first kappa shape index (κ1) is 13.6. The lowest BCUT2D eigenvalue weighted by atomic mass is 9.44. The van der Waals surface area contributed by atoms with E-state index in [1.165, 1.54) is 38.5 Å². The van der Waals surface area contributed by atoms with Crippen LogP contribution in [0.3, 0.4) is 0 Å². The molecule has 0 radical (unpaired) electrons. The molecule has 4 fully saturated rings. The molecule has 5 atom stereocenters. The highest BCUT2D eigenvalue weighted by Gasteiger charge is 2.66. The van der Waals surface area contributed by atoms with Crippen LogP contribution in [-0.2, 0) is 9.47 Å². The van der Waals surface area contributed by atoms with Gasteiger partial charge in [0.15, 0.2) is 5.79 Å². The monoisotopic (exact) mass is 278 g/mol. The Morgan fingerprint density at radius 2 is 1.60 bits per heavy atom. The van der Waals surface area contributed by atoms with Gasteiger partial charge in [-0.3, -0.25) is 0 Å². The van der Waals surface area contributed by atoms with Gasteiger partial charge >= 0.3 is 0 Å². The molecule has 0 aromatic heterocycles. The third kappa shape index (κ3) is 1.58. The van der Waals surface area contributed by atoms with Crippen molar-refractivity contribution in [2.75, 3.05) is 6.61 Å². The van der Waals surface area contributed by atoms with Gasteiger partial charge in [0.2, 0.25) is 0 Å². The zero-order valence-electron chi connectivity index (χ0n) is 13.6. The first-order valence-electron chi connectivity index (χ1n) is 8.64. The van der Waals surface area contributed by atoms with Crippen molar-refractivity contribution in [1.29, 1.82) is 0 Å². The van der Waals surface area contributed by atoms with Crippen LogP contribution in [0.15, 0.2) is 0 Å². The van der Waals surface area contributed by atoms with Gasteiger partial charge in [-0.25, -0.2) is 0 Å². The third-order valence-corrected chi connectivity index (χ3v) is 7.49. The van der Waals surface area contributed by atoms with Crippen molar-refractivity contribution in [3.8, 4) is 0 Å². The van der Waals surface area contributed by atoms with Crippen LogP contribution in [0.2, 0.25) is 0 Å². The van der Waals surface area contributed by atoms with Crippen molar-refractivity contribution in [2.24, 2.45) is 22.7 Å². The predicted molar refractivity (Wildman–Crippen MR) is 79.4 cm³/mol. The Labute approximate surface area is 123 Å². The Hall–Kier alpha value is -0.0800. The molecule has 0 N–H and O–H groups in total. The number of fused-ring (bicyclic) bond motifs is 3. The fourth-order valence-electron chi connectivity index (χ4n) is 6.65. The molecule has 2 bridgehead atoms. The lowest BCUT2D eigenvalue weighted by Crippen LogP contribution is -2.61. The minimum absolute atomic E-state index is 0.0473. The van der Waals surface area contributed by atoms with E-state index in [2.05, 4.69) is 27.7 Å². The summed E-state index contributed by atoms with van der Waals surface area (Å²) in [6, 6.07) is 0. The molecule has 1 spiro atoms. The van der Waals surface area contributed by atoms with Gasteiger partial charge in [-0.2, -0.15) is 0 Å². The third-order valence-electron chi connectivity index (χ3n) is 7.49. The number of rotatable bonds is 0. The van der Waals surface area contributed by atoms with Gasteiger partial charge in [0.1, 0.15) is 0 Å². The average Bonchev–Trinajstić information content (AvgIpc) is 2.58. The van der Waals surface area contributed by atoms with Crippen LogP contribution in [0.25, 0.3) is 0 Å². The molecule has 4 rings (SSSR count). The van der Waals surface area contributed by atoms with Gasteiger partial charge < -0.3 is 9.47 Å². The van der Waals surface area contributed by atoms with E-state index in [1.54, 1.807) is 0 Å². The zero-order chi connectivity index (χ0) is 14.2. The van der Waals surface area contributed by atoms with Gasteiger partial charge in [0, 0.05) is 6.42 Å². The highest BCUT2D eigenvalue weighted by molar-refractivity contribution is 5.13. The van der Waals surface area contributed by atoms with Gasteiger partial charge in [0.05, 0.1) is 12.2 Å². The minimum Gasteiger partial charge on any atom is -0.347 e. The van der Waals surface area contributed by atoms with Crippen LogP contribution >= 0.6 is 0 Å². The Balaban J connectivity index is 1.73. The Morgan fingerprint density at radius 1 is 0.850 bits per heavy atom. The molecule has 114 valence electrons. The summed E-state index contributed by atoms with van der Waals surface area (Å²) in [5.41, 5.74) is 1.02. The lowest BCUT2D eigenvalue weighted by Gasteiger charge is -2.63. The highest BCUT2D eigenvalue weighted by atomic mass is 16.8. The molecular weight excluding hydrogens is 248 g/mol. The first-order valence-corrected chi connectivity index (χ1v) is 8.64. The summed E-state index contributed by atoms with van der Waals surface area (Å²) >= 11 is 0. The molecule has 0 unspecified atom stereocenters. The van der Waals surface area contributed by atoms with E-state index >= 15 is 0 Å². The summed E-state index contributed by atoms with van der Waals surface area (Å²) in [5, 5.41) is 0. The Bertz CT molecular complexity index is 431. The summed E-state index contributed by atoms with van der Waals surface area (Å²) in [5.74, 6) is 1.31. The topological polar surface area (TPSA) is 18.5 Å². The van der Waals surface area contributed by atoms with Crippen molar-refractivity contribution >= 4 is 0 Å². The molecular formula is C18H30O2. The van der Waals surface area contributed by atoms with Crippen molar-refractivity contribution in [1.82, 2.24) is 0 Å². The van der Waals surface area contributed by atoms with Crippen LogP contribution in [0.1, 0.15) is 72.6 Å². The Kier molecular flexibility index (Phi) is 2.59. The quantitative estimate of drug-likeness (QED) is 0.648. The van der Waals surface area contributed by atoms with E-state index in [-0.39, 0.29) is 11.4 Å². The molecule has 20 heavy (non-hydrogen) atoms. The molecule has 0 amide bonds. The highest BCUT2D eigenvalue weighted by Crippen LogP contribution is 2.67. The SMILES string of the molecule is CC1(C)CCC[C@]2(C)[C@@H]3CC[C@]4(C)OC[C@@]3(CC[C@@H]12)O4. The summed E-state index contributed by atoms with van der Waals surface area (Å²) in [7, 11) is 0. The molecule has 2 heteroatoms. The molecule has 0 aromatic rings. The standard InChI is InChI=1S/C18H30O2/c1-15(2)8-5-9-16(3)13(15)7-11-18-12-19-17(4,20-18)10-6-14(16)18/h13-14H,5-12H2,1-4H3/t13-,14-,16-,17+,18+/m0/s1. The summed E-state index contributed by atoms with van der Waals surface area (Å²) in [4.78, 5) is 0. The second-order valence-electron chi connectivity index (χ2n) is 9.12. The molecule has 0 aromatic carbocycles. The summed E-state index contributed by atoms with van der Waals surface area (Å²) in [6.45, 7) is 10.6. The molecule has 2 saturated carbocycles. The first-order chi connectivity index (χ1) is 9.30. The number of hydrogen-bond acceptors (Lipinski definition) is 2. The van der Waals surface area contributed by atoms with Crippen molar-refractivity contribution < 1.29 is 9.47 Å². The largest absolute Gasteiger partial charge is 0.347 e. The molecule has 2 aliphatic heterocycles. The van der Waals surface area contributed by atoms with E-state index in [0.29, 0.717) is 16.7 Å². The maximum atomic E-state index is 6.54. The lowest BCUT2D eigenvalue weighted by molar-refractivity contribution is -0.260. The maximum absolute atomic E-state index is 6.54. The van der Waals surface area contributed by atoms with E-state index < -0.39 is 0 Å². The van der Waals surface area contributed by atoms with Crippen molar-refractivity contribution in [2.45, 2.75) is 84.0 Å². The predicted octanol–water partition coefficient (Wildman–Crippen LogP) is 4.52. The second-order valence-corrected chi connectivity index (χ2v) is 9.12. The molecule has 2 saturated heterocycles. The molecule has 4 aliphatic rings. The van der Waals surface area contributed by atoms with E-state index in [1.807, 2.05) is 0 Å². The normalized spacial score (nSPS) is 57.0. The average molecular weight is 278 g/mol. The fourth-order valence-corrected chi connectivity index (χ4v) is 6.65. The molecule has 2 nitrogen and oxygen atoms in total. The summed E-state index contributed by atoms with van der Waals surface area (Å²) < 4.78 is 12.6. The van der Waals surface area contributed by atoms with Crippen LogP contribution < -0.4 is 0 Å². The van der Waals surface area contributed by atoms with Crippen LogP contribution in [0, 0.1) is 22.7 Å². The van der Waals surface area contributed by atoms with E-state index in [0.717, 1.165) is 18.9 Å². The van der Waals surface area contributed by atoms with Crippen LogP contribution in [-0.4, -0.2) is 18.0 Å². The van der Waals surface area contributed by atoms with Crippen LogP contribution in [0.5, 0.6) is 0 Å². The molecule has 2 aliphatic carbocycles. The smallest absolute Gasteiger partial charge is 0.166 e. The van der Waals surface area contributed by atoms with Gasteiger partial charge in [-0.05, 0) is 61.7 Å². The van der Waals surface area contributed by atoms with Gasteiger partial charge in [-0.15, -0.1) is 0 Å². The fraction of sp³-hybridized carbons (Fsp3) is 1.00. The van der Waals surface area contributed by atoms with Crippen molar-refractivity contribution in [3.63, 3.8) is 0 Å². The van der Waals surface area contributed by atoms with Gasteiger partial charge in [-0.1, -0.05) is 27.2 Å².